The molecular formula is C25H17ClN2O5S. The number of fused-ring (bicyclic) bond motifs is 1. The lowest BCUT2D eigenvalue weighted by atomic mass is 9.95. The zero-order chi connectivity index (χ0) is 24.0. The number of phenols is 1. The number of methoxy groups -OCH3 is 1. The first-order valence-electron chi connectivity index (χ1n) is 10.2. The summed E-state index contributed by atoms with van der Waals surface area (Å²) in [5.41, 5.74) is 1.32. The van der Waals surface area contributed by atoms with Gasteiger partial charge in [-0.05, 0) is 60.2 Å². The number of ketones is 1. The Morgan fingerprint density at radius 3 is 2.56 bits per heavy atom. The average molecular weight is 493 g/mol. The van der Waals surface area contributed by atoms with Crippen LogP contribution in [0, 0.1) is 0 Å². The number of phenolic OH excluding ortho intramolecular Hbond substituents is 1. The molecule has 2 heterocycles. The van der Waals surface area contributed by atoms with Crippen molar-refractivity contribution in [2.45, 2.75) is 6.04 Å². The van der Waals surface area contributed by atoms with E-state index in [1.54, 1.807) is 61.7 Å². The molecule has 1 aliphatic rings. The number of amides is 1. The Labute approximate surface area is 203 Å². The fourth-order valence-corrected chi connectivity index (χ4v) is 5.07. The van der Waals surface area contributed by atoms with Crippen molar-refractivity contribution >= 4 is 55.7 Å². The number of anilines is 1. The lowest BCUT2D eigenvalue weighted by molar-refractivity contribution is -0.132. The van der Waals surface area contributed by atoms with E-state index in [0.29, 0.717) is 27.4 Å². The number of aliphatic hydroxyl groups is 1. The minimum Gasteiger partial charge on any atom is -0.508 e. The SMILES string of the molecule is COc1ccc2nc(N3C(=O)C(=O)C(=C(O)c4ccc(Cl)cc4)C3c3cccc(O)c3)sc2c1. The van der Waals surface area contributed by atoms with Crippen LogP contribution in [-0.4, -0.2) is 34.0 Å². The van der Waals surface area contributed by atoms with Crippen molar-refractivity contribution in [2.75, 3.05) is 12.0 Å². The average Bonchev–Trinajstić information content (AvgIpc) is 3.36. The highest BCUT2D eigenvalue weighted by Crippen LogP contribution is 2.45. The summed E-state index contributed by atoms with van der Waals surface area (Å²) in [6.07, 6.45) is 0. The third-order valence-corrected chi connectivity index (χ3v) is 6.81. The van der Waals surface area contributed by atoms with Gasteiger partial charge in [0.05, 0.1) is 28.9 Å². The number of Topliss-reactive ketones (excluding diaryl/α,β-unsaturated/α-hetero) is 1. The van der Waals surface area contributed by atoms with E-state index in [4.69, 9.17) is 16.3 Å². The maximum Gasteiger partial charge on any atom is 0.301 e. The Morgan fingerprint density at radius 1 is 1.09 bits per heavy atom. The van der Waals surface area contributed by atoms with E-state index < -0.39 is 17.7 Å². The zero-order valence-electron chi connectivity index (χ0n) is 17.7. The second-order valence-corrected chi connectivity index (χ2v) is 9.05. The molecule has 1 aliphatic heterocycles. The Balaban J connectivity index is 1.72. The maximum absolute atomic E-state index is 13.3. The van der Waals surface area contributed by atoms with Gasteiger partial charge in [-0.25, -0.2) is 4.98 Å². The maximum atomic E-state index is 13.3. The van der Waals surface area contributed by atoms with Gasteiger partial charge < -0.3 is 14.9 Å². The molecule has 1 unspecified atom stereocenters. The van der Waals surface area contributed by atoms with Gasteiger partial charge in [0.25, 0.3) is 5.78 Å². The minimum atomic E-state index is -0.995. The van der Waals surface area contributed by atoms with Crippen LogP contribution in [0.15, 0.2) is 72.3 Å². The van der Waals surface area contributed by atoms with Crippen molar-refractivity contribution in [1.29, 1.82) is 0 Å². The van der Waals surface area contributed by atoms with Gasteiger partial charge in [-0.15, -0.1) is 0 Å². The highest BCUT2D eigenvalue weighted by molar-refractivity contribution is 7.22. The van der Waals surface area contributed by atoms with Gasteiger partial charge in [0.1, 0.15) is 17.3 Å². The predicted octanol–water partition coefficient (Wildman–Crippen LogP) is 5.29. The molecule has 0 saturated carbocycles. The second kappa shape index (κ2) is 8.48. The van der Waals surface area contributed by atoms with E-state index in [1.165, 1.54) is 28.4 Å². The molecule has 1 atom stereocenters. The van der Waals surface area contributed by atoms with E-state index in [0.717, 1.165) is 4.70 Å². The normalized spacial score (nSPS) is 17.5. The number of hydrogen-bond donors (Lipinski definition) is 2. The van der Waals surface area contributed by atoms with Crippen molar-refractivity contribution < 1.29 is 24.5 Å². The summed E-state index contributed by atoms with van der Waals surface area (Å²) in [7, 11) is 1.56. The van der Waals surface area contributed by atoms with Crippen molar-refractivity contribution in [3.8, 4) is 11.5 Å². The summed E-state index contributed by atoms with van der Waals surface area (Å²) >= 11 is 7.18. The molecule has 1 fully saturated rings. The lowest BCUT2D eigenvalue weighted by Gasteiger charge is -2.23. The van der Waals surface area contributed by atoms with Crippen molar-refractivity contribution in [3.05, 3.63) is 88.5 Å². The van der Waals surface area contributed by atoms with Gasteiger partial charge in [-0.1, -0.05) is 35.1 Å². The number of thiazole rings is 1. The Kier molecular flexibility index (Phi) is 5.47. The van der Waals surface area contributed by atoms with E-state index in [9.17, 15) is 19.8 Å². The smallest absolute Gasteiger partial charge is 0.301 e. The number of carbonyl (C=O) groups is 2. The van der Waals surface area contributed by atoms with Gasteiger partial charge in [0.15, 0.2) is 5.13 Å². The molecule has 1 amide bonds. The summed E-state index contributed by atoms with van der Waals surface area (Å²) in [5, 5.41) is 22.0. The number of hydrogen-bond acceptors (Lipinski definition) is 7. The Bertz CT molecular complexity index is 1480. The molecule has 9 heteroatoms. The molecule has 0 bridgehead atoms. The van der Waals surface area contributed by atoms with Crippen molar-refractivity contribution in [1.82, 2.24) is 4.98 Å². The number of aromatic nitrogens is 1. The molecule has 1 aromatic heterocycles. The number of nitrogens with zero attached hydrogens (tertiary/aromatic N) is 2. The molecule has 3 aromatic carbocycles. The topological polar surface area (TPSA) is 100.0 Å². The van der Waals surface area contributed by atoms with Crippen molar-refractivity contribution in [2.24, 2.45) is 0 Å². The molecular weight excluding hydrogens is 476 g/mol. The number of benzene rings is 3. The second-order valence-electron chi connectivity index (χ2n) is 7.60. The summed E-state index contributed by atoms with van der Waals surface area (Å²) in [5.74, 6) is -1.42. The monoisotopic (exact) mass is 492 g/mol. The number of aromatic hydroxyl groups is 1. The van der Waals surface area contributed by atoms with Gasteiger partial charge >= 0.3 is 5.91 Å². The lowest BCUT2D eigenvalue weighted by Crippen LogP contribution is -2.29. The number of ether oxygens (including phenoxy) is 1. The molecule has 34 heavy (non-hydrogen) atoms. The number of rotatable bonds is 4. The van der Waals surface area contributed by atoms with Crippen LogP contribution in [0.1, 0.15) is 17.2 Å². The van der Waals surface area contributed by atoms with Gasteiger partial charge in [0.2, 0.25) is 0 Å². The van der Waals surface area contributed by atoms with Crippen LogP contribution >= 0.6 is 22.9 Å². The molecule has 2 N–H and O–H groups in total. The number of carbonyl (C=O) groups excluding carboxylic acids is 2. The molecule has 7 nitrogen and oxygen atoms in total. The largest absolute Gasteiger partial charge is 0.508 e. The summed E-state index contributed by atoms with van der Waals surface area (Å²) in [6, 6.07) is 16.8. The fourth-order valence-electron chi connectivity index (χ4n) is 3.93. The first-order valence-corrected chi connectivity index (χ1v) is 11.4. The van der Waals surface area contributed by atoms with E-state index >= 15 is 0 Å². The van der Waals surface area contributed by atoms with Gasteiger partial charge in [0, 0.05) is 10.6 Å². The van der Waals surface area contributed by atoms with E-state index in [-0.39, 0.29) is 22.2 Å². The number of aliphatic hydroxyl groups excluding tert-OH is 1. The molecule has 0 spiro atoms. The summed E-state index contributed by atoms with van der Waals surface area (Å²) in [4.78, 5) is 32.3. The highest BCUT2D eigenvalue weighted by atomic mass is 35.5. The van der Waals surface area contributed by atoms with Crippen LogP contribution in [0.25, 0.3) is 16.0 Å². The molecule has 0 radical (unpaired) electrons. The molecule has 4 aromatic rings. The quantitative estimate of drug-likeness (QED) is 0.228. The summed E-state index contributed by atoms with van der Waals surface area (Å²) < 4.78 is 6.04. The Hall–Kier alpha value is -3.88. The van der Waals surface area contributed by atoms with Crippen LogP contribution in [0.4, 0.5) is 5.13 Å². The fraction of sp³-hybridized carbons (Fsp3) is 0.0800. The van der Waals surface area contributed by atoms with E-state index in [1.807, 2.05) is 0 Å². The van der Waals surface area contributed by atoms with Crippen LogP contribution in [0.2, 0.25) is 5.02 Å². The predicted molar refractivity (Wildman–Crippen MR) is 131 cm³/mol. The standard InChI is InChI=1S/C25H17ClN2O5S/c1-33-17-9-10-18-19(12-17)34-25(27-18)28-21(14-3-2-4-16(29)11-14)20(23(31)24(28)32)22(30)13-5-7-15(26)8-6-13/h2-12,21,29-30H,1H3. The minimum absolute atomic E-state index is 0.0383. The van der Waals surface area contributed by atoms with Crippen LogP contribution < -0.4 is 9.64 Å². The Morgan fingerprint density at radius 2 is 1.85 bits per heavy atom. The zero-order valence-corrected chi connectivity index (χ0v) is 19.3. The molecule has 0 aliphatic carbocycles. The van der Waals surface area contributed by atoms with Crippen LogP contribution in [0.3, 0.4) is 0 Å². The summed E-state index contributed by atoms with van der Waals surface area (Å²) in [6.45, 7) is 0. The first kappa shape index (κ1) is 21.9. The molecule has 5 rings (SSSR count). The first-order chi connectivity index (χ1) is 16.4. The van der Waals surface area contributed by atoms with Crippen molar-refractivity contribution in [3.63, 3.8) is 0 Å². The van der Waals surface area contributed by atoms with Crippen LogP contribution in [0.5, 0.6) is 11.5 Å². The van der Waals surface area contributed by atoms with Gasteiger partial charge in [-0.3, -0.25) is 14.5 Å². The third-order valence-electron chi connectivity index (χ3n) is 5.54. The third kappa shape index (κ3) is 3.67. The highest BCUT2D eigenvalue weighted by Gasteiger charge is 2.48. The van der Waals surface area contributed by atoms with E-state index in [2.05, 4.69) is 4.98 Å². The van der Waals surface area contributed by atoms with Crippen LogP contribution in [-0.2, 0) is 9.59 Å². The molecule has 1 saturated heterocycles. The molecule has 170 valence electrons. The van der Waals surface area contributed by atoms with Gasteiger partial charge in [-0.2, -0.15) is 0 Å². The number of halogens is 1.